The number of aromatic nitrogens is 2. The van der Waals surface area contributed by atoms with Gasteiger partial charge in [0.2, 0.25) is 10.0 Å². The van der Waals surface area contributed by atoms with Gasteiger partial charge in [0.15, 0.2) is 5.69 Å². The van der Waals surface area contributed by atoms with Gasteiger partial charge in [0.05, 0.1) is 5.69 Å². The highest BCUT2D eigenvalue weighted by Crippen LogP contribution is 2.28. The van der Waals surface area contributed by atoms with Crippen LogP contribution in [-0.2, 0) is 10.0 Å². The molecule has 1 saturated carbocycles. The van der Waals surface area contributed by atoms with Crippen LogP contribution in [0.5, 0.6) is 0 Å². The second-order valence-electron chi connectivity index (χ2n) is 6.16. The number of rotatable bonds is 3. The number of H-pyrrole nitrogens is 1. The number of amides is 1. The maximum Gasteiger partial charge on any atom is 0.273 e. The molecule has 0 radical (unpaired) electrons. The average molecular weight is 314 g/mol. The molecule has 7 nitrogen and oxygen atoms in total. The molecule has 118 valence electrons. The Balaban J connectivity index is 2.18. The fourth-order valence-corrected chi connectivity index (χ4v) is 4.12. The number of nitrogens with one attached hydrogen (secondary N) is 2. The van der Waals surface area contributed by atoms with Crippen molar-refractivity contribution < 1.29 is 13.2 Å². The molecule has 2 rings (SSSR count). The standard InChI is InChI=1S/C13H22N4O3S/c1-7-4-8(2)6-10(5-7)15-13(18)11-12(21(14,19)20)9(3)16-17-11/h7-8,10H,4-6H2,1-3H3,(H,15,18)(H,16,17)(H2,14,19,20). The Labute approximate surface area is 124 Å². The van der Waals surface area contributed by atoms with Gasteiger partial charge in [-0.05, 0) is 38.0 Å². The van der Waals surface area contributed by atoms with Gasteiger partial charge < -0.3 is 5.32 Å². The Morgan fingerprint density at radius 2 is 1.86 bits per heavy atom. The van der Waals surface area contributed by atoms with Gasteiger partial charge in [-0.25, -0.2) is 13.6 Å². The van der Waals surface area contributed by atoms with E-state index < -0.39 is 15.9 Å². The molecule has 8 heteroatoms. The van der Waals surface area contributed by atoms with Gasteiger partial charge in [-0.1, -0.05) is 13.8 Å². The van der Waals surface area contributed by atoms with Gasteiger partial charge in [0, 0.05) is 6.04 Å². The Morgan fingerprint density at radius 3 is 2.38 bits per heavy atom. The monoisotopic (exact) mass is 314 g/mol. The summed E-state index contributed by atoms with van der Waals surface area (Å²) >= 11 is 0. The zero-order valence-electron chi connectivity index (χ0n) is 12.5. The summed E-state index contributed by atoms with van der Waals surface area (Å²) in [5.74, 6) is 0.588. The summed E-state index contributed by atoms with van der Waals surface area (Å²) in [6, 6.07) is 0.0431. The van der Waals surface area contributed by atoms with Crippen molar-refractivity contribution >= 4 is 15.9 Å². The number of carbonyl (C=O) groups excluding carboxylic acids is 1. The summed E-state index contributed by atoms with van der Waals surface area (Å²) in [5.41, 5.74) is 0.119. The number of nitrogens with zero attached hydrogens (tertiary/aromatic N) is 1. The van der Waals surface area contributed by atoms with Crippen LogP contribution in [0, 0.1) is 18.8 Å². The molecule has 1 aliphatic carbocycles. The van der Waals surface area contributed by atoms with Crippen LogP contribution in [0.15, 0.2) is 4.90 Å². The molecule has 0 saturated heterocycles. The van der Waals surface area contributed by atoms with Crippen LogP contribution >= 0.6 is 0 Å². The summed E-state index contributed by atoms with van der Waals surface area (Å²) in [4.78, 5) is 12.1. The summed E-state index contributed by atoms with van der Waals surface area (Å²) in [6.45, 7) is 5.83. The minimum absolute atomic E-state index is 0.0431. The summed E-state index contributed by atoms with van der Waals surface area (Å²) < 4.78 is 23.1. The number of aromatic amines is 1. The van der Waals surface area contributed by atoms with E-state index >= 15 is 0 Å². The molecule has 1 amide bonds. The molecule has 21 heavy (non-hydrogen) atoms. The van der Waals surface area contributed by atoms with Crippen LogP contribution < -0.4 is 10.5 Å². The van der Waals surface area contributed by atoms with Crippen molar-refractivity contribution in [2.45, 2.75) is 51.0 Å². The third-order valence-corrected chi connectivity index (χ3v) is 4.97. The first kappa shape index (κ1) is 16.0. The van der Waals surface area contributed by atoms with E-state index in [1.807, 2.05) is 0 Å². The van der Waals surface area contributed by atoms with E-state index in [-0.39, 0.29) is 22.3 Å². The second-order valence-corrected chi connectivity index (χ2v) is 7.66. The summed E-state index contributed by atoms with van der Waals surface area (Å²) in [7, 11) is -3.98. The van der Waals surface area contributed by atoms with E-state index in [4.69, 9.17) is 5.14 Å². The number of carbonyl (C=O) groups is 1. The molecule has 1 fully saturated rings. The molecular formula is C13H22N4O3S. The largest absolute Gasteiger partial charge is 0.348 e. The Kier molecular flexibility index (Phi) is 4.38. The van der Waals surface area contributed by atoms with Crippen molar-refractivity contribution in [3.05, 3.63) is 11.4 Å². The molecule has 1 aliphatic rings. The van der Waals surface area contributed by atoms with Crippen LogP contribution in [0.1, 0.15) is 49.3 Å². The fraction of sp³-hybridized carbons (Fsp3) is 0.692. The molecule has 0 spiro atoms. The van der Waals surface area contributed by atoms with E-state index in [0.29, 0.717) is 11.8 Å². The molecular weight excluding hydrogens is 292 g/mol. The van der Waals surface area contributed by atoms with E-state index in [1.54, 1.807) is 0 Å². The maximum atomic E-state index is 12.3. The van der Waals surface area contributed by atoms with Crippen molar-refractivity contribution in [1.82, 2.24) is 15.5 Å². The topological polar surface area (TPSA) is 118 Å². The molecule has 1 aromatic heterocycles. The van der Waals surface area contributed by atoms with Gasteiger partial charge in [0.1, 0.15) is 4.90 Å². The molecule has 0 aromatic carbocycles. The van der Waals surface area contributed by atoms with E-state index in [2.05, 4.69) is 29.4 Å². The molecule has 2 atom stereocenters. The average Bonchev–Trinajstić information content (AvgIpc) is 2.69. The minimum Gasteiger partial charge on any atom is -0.348 e. The molecule has 1 heterocycles. The molecule has 0 bridgehead atoms. The van der Waals surface area contributed by atoms with Crippen LogP contribution in [0.2, 0.25) is 0 Å². The van der Waals surface area contributed by atoms with Crippen molar-refractivity contribution in [2.24, 2.45) is 17.0 Å². The first-order chi connectivity index (χ1) is 9.68. The van der Waals surface area contributed by atoms with Gasteiger partial charge in [-0.15, -0.1) is 0 Å². The lowest BCUT2D eigenvalue weighted by atomic mass is 9.80. The zero-order chi connectivity index (χ0) is 15.8. The van der Waals surface area contributed by atoms with Crippen LogP contribution in [0.25, 0.3) is 0 Å². The number of primary sulfonamides is 1. The summed E-state index contributed by atoms with van der Waals surface area (Å²) in [5, 5.41) is 14.3. The van der Waals surface area contributed by atoms with Gasteiger partial charge >= 0.3 is 0 Å². The second kappa shape index (κ2) is 5.76. The maximum absolute atomic E-state index is 12.3. The Bertz CT molecular complexity index is 628. The quantitative estimate of drug-likeness (QED) is 0.768. The Morgan fingerprint density at radius 1 is 1.29 bits per heavy atom. The van der Waals surface area contributed by atoms with E-state index in [9.17, 15) is 13.2 Å². The van der Waals surface area contributed by atoms with Crippen LogP contribution in [0.3, 0.4) is 0 Å². The number of aryl methyl sites for hydroxylation is 1. The first-order valence-corrected chi connectivity index (χ1v) is 8.61. The third-order valence-electron chi connectivity index (χ3n) is 3.90. The van der Waals surface area contributed by atoms with Crippen molar-refractivity contribution in [2.75, 3.05) is 0 Å². The normalized spacial score (nSPS) is 26.6. The third kappa shape index (κ3) is 3.62. The smallest absolute Gasteiger partial charge is 0.273 e. The predicted octanol–water partition coefficient (Wildman–Crippen LogP) is 0.920. The number of nitrogens with two attached hydrogens (primary N) is 1. The highest BCUT2D eigenvalue weighted by molar-refractivity contribution is 7.89. The lowest BCUT2D eigenvalue weighted by Gasteiger charge is -2.31. The van der Waals surface area contributed by atoms with Crippen LogP contribution in [-0.4, -0.2) is 30.6 Å². The number of sulfonamides is 1. The molecule has 1 aromatic rings. The molecule has 4 N–H and O–H groups in total. The van der Waals surface area contributed by atoms with Crippen LogP contribution in [0.4, 0.5) is 0 Å². The highest BCUT2D eigenvalue weighted by atomic mass is 32.2. The van der Waals surface area contributed by atoms with Gasteiger partial charge in [-0.3, -0.25) is 9.89 Å². The fourth-order valence-electron chi connectivity index (χ4n) is 3.24. The lowest BCUT2D eigenvalue weighted by Crippen LogP contribution is -2.40. The van der Waals surface area contributed by atoms with Crippen molar-refractivity contribution in [3.8, 4) is 0 Å². The van der Waals surface area contributed by atoms with Crippen molar-refractivity contribution in [3.63, 3.8) is 0 Å². The number of hydrogen-bond acceptors (Lipinski definition) is 4. The van der Waals surface area contributed by atoms with E-state index in [1.165, 1.54) is 6.92 Å². The van der Waals surface area contributed by atoms with Gasteiger partial charge in [0.25, 0.3) is 5.91 Å². The SMILES string of the molecule is Cc1[nH]nc(C(=O)NC2CC(C)CC(C)C2)c1S(N)(=O)=O. The minimum atomic E-state index is -3.98. The Hall–Kier alpha value is -1.41. The lowest BCUT2D eigenvalue weighted by molar-refractivity contribution is 0.0902. The van der Waals surface area contributed by atoms with Gasteiger partial charge in [-0.2, -0.15) is 5.10 Å². The van der Waals surface area contributed by atoms with E-state index in [0.717, 1.165) is 19.3 Å². The van der Waals surface area contributed by atoms with Crippen molar-refractivity contribution in [1.29, 1.82) is 0 Å². The molecule has 0 aliphatic heterocycles. The number of hydrogen-bond donors (Lipinski definition) is 3. The summed E-state index contributed by atoms with van der Waals surface area (Å²) in [6.07, 6.45) is 2.94. The molecule has 2 unspecified atom stereocenters. The zero-order valence-corrected chi connectivity index (χ0v) is 13.3. The predicted molar refractivity (Wildman–Crippen MR) is 78.1 cm³/mol. The first-order valence-electron chi connectivity index (χ1n) is 7.07. The highest BCUT2D eigenvalue weighted by Gasteiger charge is 2.29.